The third-order valence-electron chi connectivity index (χ3n) is 4.14. The van der Waals surface area contributed by atoms with E-state index in [4.69, 9.17) is 14.7 Å². The minimum absolute atomic E-state index is 0.0375. The normalized spacial score (nSPS) is 15.7. The number of nitriles is 1. The van der Waals surface area contributed by atoms with E-state index in [1.54, 1.807) is 61.5 Å². The fourth-order valence-electron chi connectivity index (χ4n) is 2.74. The summed E-state index contributed by atoms with van der Waals surface area (Å²) in [5.41, 5.74) is 0.726. The van der Waals surface area contributed by atoms with Crippen molar-refractivity contribution in [3.8, 4) is 11.8 Å². The van der Waals surface area contributed by atoms with Crippen LogP contribution in [0.2, 0.25) is 0 Å². The third-order valence-corrected chi connectivity index (χ3v) is 5.66. The van der Waals surface area contributed by atoms with Crippen molar-refractivity contribution in [3.05, 3.63) is 80.4 Å². The lowest BCUT2D eigenvalue weighted by Gasteiger charge is -2.07. The minimum Gasteiger partial charge on any atom is -0.506 e. The zero-order chi connectivity index (χ0) is 23.1. The maximum Gasteiger partial charge on any atom is 0.344 e. The van der Waals surface area contributed by atoms with Crippen LogP contribution in [0.15, 0.2) is 74.2 Å². The molecule has 0 radical (unpaired) electrons. The highest BCUT2D eigenvalue weighted by Crippen LogP contribution is 2.40. The number of ether oxygens (including phenoxy) is 2. The number of aliphatic hydroxyl groups excluding tert-OH is 1. The summed E-state index contributed by atoms with van der Waals surface area (Å²) in [6.45, 7) is 1.58. The van der Waals surface area contributed by atoms with Crippen LogP contribution < -0.4 is 4.74 Å². The molecule has 1 aliphatic rings. The lowest BCUT2D eigenvalue weighted by molar-refractivity contribution is -0.138. The molecule has 0 spiro atoms. The predicted molar refractivity (Wildman–Crippen MR) is 125 cm³/mol. The number of nitrogens with zero attached hydrogens (tertiary/aromatic N) is 2. The molecule has 1 N–H and O–H groups in total. The van der Waals surface area contributed by atoms with Crippen molar-refractivity contribution in [1.82, 2.24) is 0 Å². The van der Waals surface area contributed by atoms with Gasteiger partial charge in [0.15, 0.2) is 6.61 Å². The number of carbonyl (C=O) groups excluding carboxylic acids is 2. The zero-order valence-electron chi connectivity index (χ0n) is 16.9. The summed E-state index contributed by atoms with van der Waals surface area (Å²) in [4.78, 5) is 29.4. The van der Waals surface area contributed by atoms with Crippen molar-refractivity contribution in [2.24, 2.45) is 4.99 Å². The topological polar surface area (TPSA) is 109 Å². The minimum atomic E-state index is -0.782. The van der Waals surface area contributed by atoms with Gasteiger partial charge in [0.1, 0.15) is 28.2 Å². The van der Waals surface area contributed by atoms with Gasteiger partial charge < -0.3 is 14.6 Å². The number of hydrogen-bond donors (Lipinski definition) is 1. The number of rotatable bonds is 6. The lowest BCUT2D eigenvalue weighted by atomic mass is 10.1. The molecule has 0 atom stereocenters. The third kappa shape index (κ3) is 5.46. The average Bonchev–Trinajstić information content (AvgIpc) is 3.08. The number of aliphatic hydroxyl groups is 1. The second-order valence-corrected chi connectivity index (χ2v) is 8.22. The van der Waals surface area contributed by atoms with E-state index in [1.807, 2.05) is 6.07 Å². The molecule has 1 aliphatic heterocycles. The highest BCUT2D eigenvalue weighted by Gasteiger charge is 2.34. The Morgan fingerprint density at radius 2 is 2.00 bits per heavy atom. The Kier molecular flexibility index (Phi) is 7.87. The second kappa shape index (κ2) is 10.8. The van der Waals surface area contributed by atoms with Gasteiger partial charge in [0.25, 0.3) is 5.91 Å². The Morgan fingerprint density at radius 3 is 2.69 bits per heavy atom. The van der Waals surface area contributed by atoms with Gasteiger partial charge in [-0.25, -0.2) is 9.79 Å². The smallest absolute Gasteiger partial charge is 0.344 e. The van der Waals surface area contributed by atoms with E-state index in [-0.39, 0.29) is 34.5 Å². The maximum atomic E-state index is 12.6. The van der Waals surface area contributed by atoms with E-state index in [0.717, 1.165) is 16.2 Å². The fourth-order valence-corrected chi connectivity index (χ4v) is 4.13. The molecule has 0 aliphatic carbocycles. The van der Waals surface area contributed by atoms with E-state index >= 15 is 0 Å². The summed E-state index contributed by atoms with van der Waals surface area (Å²) in [6, 6.07) is 15.5. The first-order valence-electron chi connectivity index (χ1n) is 9.42. The van der Waals surface area contributed by atoms with E-state index in [0.29, 0.717) is 16.9 Å². The molecule has 1 heterocycles. The highest BCUT2D eigenvalue weighted by molar-refractivity contribution is 9.10. The SMILES string of the molecule is CCOC(=O)C1=C(O)/C(=C/c2cc(Br)ccc2OCC#N)SC1=NC(=O)c1ccccc1. The number of benzene rings is 2. The molecule has 7 nitrogen and oxygen atoms in total. The molecule has 0 saturated carbocycles. The summed E-state index contributed by atoms with van der Waals surface area (Å²) in [6.07, 6.45) is 1.59. The van der Waals surface area contributed by atoms with E-state index in [1.165, 1.54) is 0 Å². The average molecular weight is 513 g/mol. The van der Waals surface area contributed by atoms with Gasteiger partial charge in [-0.15, -0.1) is 0 Å². The molecule has 2 aromatic carbocycles. The van der Waals surface area contributed by atoms with Crippen molar-refractivity contribution < 1.29 is 24.2 Å². The van der Waals surface area contributed by atoms with Crippen molar-refractivity contribution in [2.75, 3.05) is 13.2 Å². The summed E-state index contributed by atoms with van der Waals surface area (Å²) in [5, 5.41) is 19.6. The van der Waals surface area contributed by atoms with Crippen LogP contribution in [0, 0.1) is 11.3 Å². The highest BCUT2D eigenvalue weighted by atomic mass is 79.9. The Labute approximate surface area is 197 Å². The molecule has 0 bridgehead atoms. The molecule has 0 aromatic heterocycles. The fraction of sp³-hybridized carbons (Fsp3) is 0.130. The Bertz CT molecular complexity index is 1180. The van der Waals surface area contributed by atoms with Gasteiger partial charge in [-0.05, 0) is 43.3 Å². The van der Waals surface area contributed by atoms with Crippen LogP contribution in [0.4, 0.5) is 0 Å². The van der Waals surface area contributed by atoms with Gasteiger partial charge in [0.05, 0.1) is 11.5 Å². The van der Waals surface area contributed by atoms with Crippen molar-refractivity contribution >= 4 is 50.7 Å². The molecule has 3 rings (SSSR count). The van der Waals surface area contributed by atoms with Gasteiger partial charge >= 0.3 is 5.97 Å². The lowest BCUT2D eigenvalue weighted by Crippen LogP contribution is -2.14. The predicted octanol–water partition coefficient (Wildman–Crippen LogP) is 5.05. The maximum absolute atomic E-state index is 12.6. The van der Waals surface area contributed by atoms with Crippen LogP contribution in [-0.4, -0.2) is 35.2 Å². The number of carbonyl (C=O) groups is 2. The van der Waals surface area contributed by atoms with E-state index in [2.05, 4.69) is 20.9 Å². The van der Waals surface area contributed by atoms with Crippen molar-refractivity contribution in [1.29, 1.82) is 5.26 Å². The van der Waals surface area contributed by atoms with Gasteiger partial charge in [0.2, 0.25) is 0 Å². The largest absolute Gasteiger partial charge is 0.506 e. The molecule has 0 unspecified atom stereocenters. The first-order chi connectivity index (χ1) is 15.4. The number of esters is 1. The standard InChI is InChI=1S/C23H17BrN2O5S/c1-2-30-23(29)19-20(27)18(13-15-12-16(24)8-9-17(15)31-11-10-25)32-22(19)26-21(28)14-6-4-3-5-7-14/h3-9,12-13,27H,2,11H2,1H3/b18-13-,26-22?. The second-order valence-electron chi connectivity index (χ2n) is 6.27. The first-order valence-corrected chi connectivity index (χ1v) is 11.0. The Morgan fingerprint density at radius 1 is 1.25 bits per heavy atom. The van der Waals surface area contributed by atoms with Crippen molar-refractivity contribution in [3.63, 3.8) is 0 Å². The van der Waals surface area contributed by atoms with Gasteiger partial charge in [0, 0.05) is 15.6 Å². The van der Waals surface area contributed by atoms with Gasteiger partial charge in [-0.3, -0.25) is 4.79 Å². The van der Waals surface area contributed by atoms with Crippen LogP contribution in [0.5, 0.6) is 5.75 Å². The summed E-state index contributed by atoms with van der Waals surface area (Å²) in [5.74, 6) is -1.27. The summed E-state index contributed by atoms with van der Waals surface area (Å²) >= 11 is 4.35. The van der Waals surface area contributed by atoms with Crippen LogP contribution in [-0.2, 0) is 9.53 Å². The molecule has 1 amide bonds. The van der Waals surface area contributed by atoms with Crippen LogP contribution in [0.1, 0.15) is 22.8 Å². The zero-order valence-corrected chi connectivity index (χ0v) is 19.3. The number of amides is 1. The Balaban J connectivity index is 2.05. The molecule has 0 fully saturated rings. The monoisotopic (exact) mass is 512 g/mol. The number of halogens is 1. The molecule has 9 heteroatoms. The van der Waals surface area contributed by atoms with E-state index < -0.39 is 11.9 Å². The van der Waals surface area contributed by atoms with Gasteiger partial charge in [-0.1, -0.05) is 45.9 Å². The number of aliphatic imine (C=N–C) groups is 1. The molecular formula is C23H17BrN2O5S. The van der Waals surface area contributed by atoms with Crippen LogP contribution in [0.3, 0.4) is 0 Å². The first kappa shape index (κ1) is 23.3. The number of thioether (sulfide) groups is 1. The van der Waals surface area contributed by atoms with E-state index in [9.17, 15) is 14.7 Å². The summed E-state index contributed by atoms with van der Waals surface area (Å²) in [7, 11) is 0. The van der Waals surface area contributed by atoms with Gasteiger partial charge in [-0.2, -0.15) is 5.26 Å². The Hall–Kier alpha value is -3.35. The molecule has 32 heavy (non-hydrogen) atoms. The van der Waals surface area contributed by atoms with Crippen LogP contribution >= 0.6 is 27.7 Å². The molecule has 2 aromatic rings. The molecular weight excluding hydrogens is 496 g/mol. The summed E-state index contributed by atoms with van der Waals surface area (Å²) < 4.78 is 11.2. The molecule has 0 saturated heterocycles. The molecule has 162 valence electrons. The van der Waals surface area contributed by atoms with Crippen LogP contribution in [0.25, 0.3) is 6.08 Å². The van der Waals surface area contributed by atoms with Crippen molar-refractivity contribution in [2.45, 2.75) is 6.92 Å². The number of hydrogen-bond acceptors (Lipinski definition) is 7. The quantitative estimate of drug-likeness (QED) is 0.539.